The van der Waals surface area contributed by atoms with Gasteiger partial charge in [-0.3, -0.25) is 0 Å². The maximum absolute atomic E-state index is 11.3. The van der Waals surface area contributed by atoms with E-state index in [1.165, 1.54) is 23.1 Å². The fourth-order valence-corrected chi connectivity index (χ4v) is 5.39. The van der Waals surface area contributed by atoms with Crippen molar-refractivity contribution in [2.24, 2.45) is 11.8 Å². The number of alkyl halides is 1. The molecule has 1 fully saturated rings. The maximum Gasteiger partial charge on any atom is 0.337 e. The zero-order chi connectivity index (χ0) is 21.0. The molecular formula is C25H30Cl2O2. The van der Waals surface area contributed by atoms with E-state index in [0.29, 0.717) is 16.9 Å². The van der Waals surface area contributed by atoms with Crippen LogP contribution in [0.3, 0.4) is 0 Å². The third-order valence-corrected chi connectivity index (χ3v) is 7.52. The van der Waals surface area contributed by atoms with E-state index in [2.05, 4.69) is 32.0 Å². The summed E-state index contributed by atoms with van der Waals surface area (Å²) in [5.74, 6) is 0.259. The van der Waals surface area contributed by atoms with Crippen LogP contribution in [0.1, 0.15) is 64.7 Å². The predicted octanol–water partition coefficient (Wildman–Crippen LogP) is 7.24. The Kier molecular flexibility index (Phi) is 7.65. The standard InChI is InChI=1S/C25H30Cl2O2/c1-16-5-3-7-19(17(16)2)10-12-21-20(11-14-23(21)26)8-4-6-18-9-13-24(27)22(15-18)25(28)29/h3,5,7,9,13,15,20-21,23H,4,6,8,10-12,14H2,1-2H3,(H,28,29)/t20-,21+,23?/m0/s1. The summed E-state index contributed by atoms with van der Waals surface area (Å²) in [6.07, 6.45) is 7.62. The van der Waals surface area contributed by atoms with Crippen molar-refractivity contribution in [3.63, 3.8) is 0 Å². The molecule has 0 aromatic heterocycles. The number of halogens is 2. The molecule has 3 rings (SSSR count). The first-order chi connectivity index (χ1) is 13.9. The molecule has 1 N–H and O–H groups in total. The molecule has 0 bridgehead atoms. The van der Waals surface area contributed by atoms with Gasteiger partial charge < -0.3 is 5.11 Å². The first-order valence-electron chi connectivity index (χ1n) is 10.6. The molecule has 0 amide bonds. The van der Waals surface area contributed by atoms with Crippen LogP contribution >= 0.6 is 23.2 Å². The lowest BCUT2D eigenvalue weighted by molar-refractivity contribution is 0.0697. The lowest BCUT2D eigenvalue weighted by Crippen LogP contribution is -2.17. The summed E-state index contributed by atoms with van der Waals surface area (Å²) in [6, 6.07) is 11.9. The summed E-state index contributed by atoms with van der Waals surface area (Å²) >= 11 is 12.7. The van der Waals surface area contributed by atoms with E-state index in [4.69, 9.17) is 23.2 Å². The Hall–Kier alpha value is -1.51. The monoisotopic (exact) mass is 432 g/mol. The minimum absolute atomic E-state index is 0.192. The Bertz CT molecular complexity index is 862. The zero-order valence-electron chi connectivity index (χ0n) is 17.3. The molecule has 0 aliphatic heterocycles. The molecule has 156 valence electrons. The van der Waals surface area contributed by atoms with E-state index in [9.17, 15) is 9.90 Å². The number of aromatic carboxylic acids is 1. The molecule has 0 saturated heterocycles. The minimum atomic E-state index is -0.968. The van der Waals surface area contributed by atoms with Crippen LogP contribution in [0.5, 0.6) is 0 Å². The summed E-state index contributed by atoms with van der Waals surface area (Å²) in [4.78, 5) is 11.3. The molecule has 3 atom stereocenters. The molecule has 1 unspecified atom stereocenters. The van der Waals surface area contributed by atoms with Gasteiger partial charge in [-0.15, -0.1) is 11.6 Å². The molecular weight excluding hydrogens is 403 g/mol. The van der Waals surface area contributed by atoms with Gasteiger partial charge in [-0.1, -0.05) is 35.9 Å². The second-order valence-corrected chi connectivity index (χ2v) is 9.39. The van der Waals surface area contributed by atoms with Crippen LogP contribution in [0, 0.1) is 25.7 Å². The van der Waals surface area contributed by atoms with Crippen LogP contribution in [-0.4, -0.2) is 16.5 Å². The first-order valence-corrected chi connectivity index (χ1v) is 11.4. The molecule has 2 aromatic carbocycles. The van der Waals surface area contributed by atoms with Gasteiger partial charge in [0.2, 0.25) is 0 Å². The average Bonchev–Trinajstić information content (AvgIpc) is 3.04. The number of hydrogen-bond acceptors (Lipinski definition) is 1. The SMILES string of the molecule is Cc1cccc(CC[C@H]2C(Cl)CC[C@@H]2CCCc2ccc(Cl)c(C(=O)O)c2)c1C. The Labute approximate surface area is 184 Å². The van der Waals surface area contributed by atoms with Crippen molar-refractivity contribution in [1.29, 1.82) is 0 Å². The van der Waals surface area contributed by atoms with Crippen LogP contribution in [0.2, 0.25) is 5.02 Å². The number of carboxylic acid groups (broad SMARTS) is 1. The molecule has 1 aliphatic carbocycles. The van der Waals surface area contributed by atoms with Crippen LogP contribution in [0.15, 0.2) is 36.4 Å². The van der Waals surface area contributed by atoms with Crippen molar-refractivity contribution >= 4 is 29.2 Å². The van der Waals surface area contributed by atoms with E-state index >= 15 is 0 Å². The van der Waals surface area contributed by atoms with E-state index in [-0.39, 0.29) is 10.9 Å². The molecule has 2 aromatic rings. The van der Waals surface area contributed by atoms with Crippen molar-refractivity contribution in [2.75, 3.05) is 0 Å². The van der Waals surface area contributed by atoms with E-state index < -0.39 is 5.97 Å². The van der Waals surface area contributed by atoms with Gasteiger partial charge in [-0.2, -0.15) is 0 Å². The van der Waals surface area contributed by atoms with E-state index in [0.717, 1.165) is 44.1 Å². The number of rotatable bonds is 8. The van der Waals surface area contributed by atoms with Gasteiger partial charge in [-0.05, 0) is 105 Å². The summed E-state index contributed by atoms with van der Waals surface area (Å²) in [6.45, 7) is 4.39. The average molecular weight is 433 g/mol. The zero-order valence-corrected chi connectivity index (χ0v) is 18.8. The lowest BCUT2D eigenvalue weighted by atomic mass is 9.85. The van der Waals surface area contributed by atoms with Crippen molar-refractivity contribution in [3.05, 3.63) is 69.2 Å². The van der Waals surface area contributed by atoms with Crippen molar-refractivity contribution in [3.8, 4) is 0 Å². The van der Waals surface area contributed by atoms with Crippen molar-refractivity contribution < 1.29 is 9.90 Å². The number of aryl methyl sites for hydroxylation is 3. The molecule has 1 aliphatic rings. The number of carbonyl (C=O) groups is 1. The highest BCUT2D eigenvalue weighted by atomic mass is 35.5. The van der Waals surface area contributed by atoms with Crippen molar-refractivity contribution in [1.82, 2.24) is 0 Å². The molecule has 0 spiro atoms. The van der Waals surface area contributed by atoms with Gasteiger partial charge >= 0.3 is 5.97 Å². The summed E-state index contributed by atoms with van der Waals surface area (Å²) in [5, 5.41) is 9.82. The second kappa shape index (κ2) is 10.00. The van der Waals surface area contributed by atoms with Crippen LogP contribution in [0.4, 0.5) is 0 Å². The molecule has 0 heterocycles. The number of carboxylic acids is 1. The fraction of sp³-hybridized carbons (Fsp3) is 0.480. The summed E-state index contributed by atoms with van der Waals surface area (Å²) < 4.78 is 0. The van der Waals surface area contributed by atoms with Crippen LogP contribution in [-0.2, 0) is 12.8 Å². The smallest absolute Gasteiger partial charge is 0.337 e. The first kappa shape index (κ1) is 22.2. The topological polar surface area (TPSA) is 37.3 Å². The highest BCUT2D eigenvalue weighted by Gasteiger charge is 2.34. The Morgan fingerprint density at radius 1 is 1.10 bits per heavy atom. The number of hydrogen-bond donors (Lipinski definition) is 1. The van der Waals surface area contributed by atoms with Gasteiger partial charge in [0.1, 0.15) is 0 Å². The number of benzene rings is 2. The lowest BCUT2D eigenvalue weighted by Gasteiger charge is -2.22. The Balaban J connectivity index is 1.55. The van der Waals surface area contributed by atoms with E-state index in [1.54, 1.807) is 12.1 Å². The van der Waals surface area contributed by atoms with Gasteiger partial charge in [0, 0.05) is 5.38 Å². The molecule has 4 heteroatoms. The Morgan fingerprint density at radius 3 is 2.66 bits per heavy atom. The third kappa shape index (κ3) is 5.55. The second-order valence-electron chi connectivity index (χ2n) is 8.43. The van der Waals surface area contributed by atoms with Gasteiger partial charge in [0.25, 0.3) is 0 Å². The van der Waals surface area contributed by atoms with Crippen LogP contribution < -0.4 is 0 Å². The van der Waals surface area contributed by atoms with Gasteiger partial charge in [0.05, 0.1) is 10.6 Å². The van der Waals surface area contributed by atoms with Crippen molar-refractivity contribution in [2.45, 2.75) is 64.2 Å². The molecule has 1 saturated carbocycles. The largest absolute Gasteiger partial charge is 0.478 e. The molecule has 29 heavy (non-hydrogen) atoms. The van der Waals surface area contributed by atoms with Gasteiger partial charge in [0.15, 0.2) is 0 Å². The van der Waals surface area contributed by atoms with Gasteiger partial charge in [-0.25, -0.2) is 4.79 Å². The normalized spacial score (nSPS) is 21.4. The molecule has 2 nitrogen and oxygen atoms in total. The Morgan fingerprint density at radius 2 is 1.90 bits per heavy atom. The third-order valence-electron chi connectivity index (χ3n) is 6.65. The highest BCUT2D eigenvalue weighted by Crippen LogP contribution is 2.41. The van der Waals surface area contributed by atoms with Crippen LogP contribution in [0.25, 0.3) is 0 Å². The molecule has 0 radical (unpaired) electrons. The fourth-order valence-electron chi connectivity index (χ4n) is 4.74. The summed E-state index contributed by atoms with van der Waals surface area (Å²) in [5.41, 5.74) is 5.44. The minimum Gasteiger partial charge on any atom is -0.478 e. The highest BCUT2D eigenvalue weighted by molar-refractivity contribution is 6.33. The van der Waals surface area contributed by atoms with E-state index in [1.807, 2.05) is 6.07 Å². The predicted molar refractivity (Wildman–Crippen MR) is 121 cm³/mol. The summed E-state index contributed by atoms with van der Waals surface area (Å²) in [7, 11) is 0. The quantitative estimate of drug-likeness (QED) is 0.446. The maximum atomic E-state index is 11.3.